The van der Waals surface area contributed by atoms with Crippen LogP contribution >= 0.6 is 27.5 Å². The SMILES string of the molecule is Clc1ccc(OCc2nnc(-c3ccc(Br)o3)o2)cc1. The number of ether oxygens (including phenoxy) is 1. The van der Waals surface area contributed by atoms with E-state index >= 15 is 0 Å². The number of furan rings is 1. The van der Waals surface area contributed by atoms with E-state index in [1.165, 1.54) is 0 Å². The van der Waals surface area contributed by atoms with Crippen molar-refractivity contribution in [3.05, 3.63) is 52.0 Å². The van der Waals surface area contributed by atoms with Gasteiger partial charge in [-0.05, 0) is 52.3 Å². The van der Waals surface area contributed by atoms with E-state index in [2.05, 4.69) is 26.1 Å². The summed E-state index contributed by atoms with van der Waals surface area (Å²) in [7, 11) is 0. The molecule has 0 amide bonds. The van der Waals surface area contributed by atoms with Crippen molar-refractivity contribution in [2.24, 2.45) is 0 Å². The molecule has 0 unspecified atom stereocenters. The molecule has 0 saturated heterocycles. The zero-order valence-electron chi connectivity index (χ0n) is 10.0. The summed E-state index contributed by atoms with van der Waals surface area (Å²) in [6, 6.07) is 10.5. The Kier molecular flexibility index (Phi) is 3.75. The summed E-state index contributed by atoms with van der Waals surface area (Å²) >= 11 is 9.00. The molecular formula is C13H8BrClN2O3. The Morgan fingerprint density at radius 2 is 1.85 bits per heavy atom. The van der Waals surface area contributed by atoms with Gasteiger partial charge >= 0.3 is 0 Å². The Balaban J connectivity index is 1.67. The molecule has 1 aromatic carbocycles. The van der Waals surface area contributed by atoms with Crippen LogP contribution < -0.4 is 4.74 Å². The van der Waals surface area contributed by atoms with Crippen LogP contribution in [-0.4, -0.2) is 10.2 Å². The molecule has 3 rings (SSSR count). The van der Waals surface area contributed by atoms with Crippen LogP contribution in [0.3, 0.4) is 0 Å². The fraction of sp³-hybridized carbons (Fsp3) is 0.0769. The van der Waals surface area contributed by atoms with Crippen molar-refractivity contribution >= 4 is 27.5 Å². The Labute approximate surface area is 127 Å². The van der Waals surface area contributed by atoms with Crippen LogP contribution in [-0.2, 0) is 6.61 Å². The number of nitrogens with zero attached hydrogens (tertiary/aromatic N) is 2. The number of aromatic nitrogens is 2. The highest BCUT2D eigenvalue weighted by Gasteiger charge is 2.12. The Morgan fingerprint density at radius 3 is 2.55 bits per heavy atom. The van der Waals surface area contributed by atoms with Gasteiger partial charge in [-0.2, -0.15) is 0 Å². The summed E-state index contributed by atoms with van der Waals surface area (Å²) < 4.78 is 16.9. The molecule has 0 bridgehead atoms. The minimum atomic E-state index is 0.177. The lowest BCUT2D eigenvalue weighted by Crippen LogP contribution is -1.95. The lowest BCUT2D eigenvalue weighted by atomic mass is 10.3. The van der Waals surface area contributed by atoms with Gasteiger partial charge in [0, 0.05) is 5.02 Å². The molecule has 0 atom stereocenters. The van der Waals surface area contributed by atoms with Crippen molar-refractivity contribution in [1.82, 2.24) is 10.2 Å². The number of halogens is 2. The predicted octanol–water partition coefficient (Wildman–Crippen LogP) is 4.32. The van der Waals surface area contributed by atoms with Gasteiger partial charge in [-0.3, -0.25) is 0 Å². The average molecular weight is 356 g/mol. The molecule has 2 heterocycles. The van der Waals surface area contributed by atoms with E-state index in [9.17, 15) is 0 Å². The van der Waals surface area contributed by atoms with E-state index in [4.69, 9.17) is 25.2 Å². The monoisotopic (exact) mass is 354 g/mol. The van der Waals surface area contributed by atoms with E-state index in [-0.39, 0.29) is 6.61 Å². The van der Waals surface area contributed by atoms with Gasteiger partial charge in [-0.15, -0.1) is 10.2 Å². The number of hydrogen-bond acceptors (Lipinski definition) is 5. The largest absolute Gasteiger partial charge is 0.484 e. The first kappa shape index (κ1) is 13.2. The van der Waals surface area contributed by atoms with Crippen LogP contribution in [0.1, 0.15) is 5.89 Å². The highest BCUT2D eigenvalue weighted by atomic mass is 79.9. The van der Waals surface area contributed by atoms with Crippen LogP contribution in [0.5, 0.6) is 5.75 Å². The standard InChI is InChI=1S/C13H8BrClN2O3/c14-11-6-5-10(19-11)13-17-16-12(20-13)7-18-9-3-1-8(15)2-4-9/h1-6H,7H2. The molecule has 0 aliphatic carbocycles. The molecule has 7 heteroatoms. The Bertz CT molecular complexity index is 708. The summed E-state index contributed by atoms with van der Waals surface area (Å²) in [5, 5.41) is 8.44. The quantitative estimate of drug-likeness (QED) is 0.697. The first-order valence-electron chi connectivity index (χ1n) is 5.67. The summed E-state index contributed by atoms with van der Waals surface area (Å²) in [5.41, 5.74) is 0. The summed E-state index contributed by atoms with van der Waals surface area (Å²) in [4.78, 5) is 0. The molecule has 2 aromatic heterocycles. The Hall–Kier alpha value is -1.79. The highest BCUT2D eigenvalue weighted by molar-refractivity contribution is 9.10. The number of hydrogen-bond donors (Lipinski definition) is 0. The second kappa shape index (κ2) is 5.68. The third-order valence-electron chi connectivity index (χ3n) is 2.43. The summed E-state index contributed by atoms with van der Waals surface area (Å²) in [5.74, 6) is 1.85. The zero-order valence-corrected chi connectivity index (χ0v) is 12.4. The van der Waals surface area contributed by atoms with Gasteiger partial charge in [0.1, 0.15) is 5.75 Å². The number of benzene rings is 1. The maximum Gasteiger partial charge on any atom is 0.283 e. The fourth-order valence-electron chi connectivity index (χ4n) is 1.52. The van der Waals surface area contributed by atoms with Gasteiger partial charge in [0.15, 0.2) is 17.0 Å². The zero-order chi connectivity index (χ0) is 13.9. The lowest BCUT2D eigenvalue weighted by Gasteiger charge is -2.02. The van der Waals surface area contributed by atoms with Crippen LogP contribution in [0.15, 0.2) is 49.9 Å². The molecule has 0 N–H and O–H groups in total. The molecule has 0 saturated carbocycles. The predicted molar refractivity (Wildman–Crippen MR) is 75.5 cm³/mol. The van der Waals surface area contributed by atoms with Crippen molar-refractivity contribution in [1.29, 1.82) is 0 Å². The van der Waals surface area contributed by atoms with E-state index in [1.54, 1.807) is 36.4 Å². The number of rotatable bonds is 4. The van der Waals surface area contributed by atoms with Crippen LogP contribution in [0.25, 0.3) is 11.7 Å². The van der Waals surface area contributed by atoms with Gasteiger partial charge in [0.2, 0.25) is 0 Å². The van der Waals surface area contributed by atoms with Crippen molar-refractivity contribution in [3.8, 4) is 17.4 Å². The topological polar surface area (TPSA) is 61.3 Å². The fourth-order valence-corrected chi connectivity index (χ4v) is 1.95. The van der Waals surface area contributed by atoms with Crippen molar-refractivity contribution in [2.75, 3.05) is 0 Å². The maximum atomic E-state index is 5.79. The van der Waals surface area contributed by atoms with Gasteiger partial charge in [0.05, 0.1) is 0 Å². The molecule has 102 valence electrons. The second-order valence-corrected chi connectivity index (χ2v) is 5.07. The van der Waals surface area contributed by atoms with E-state index in [0.29, 0.717) is 33.0 Å². The molecule has 0 aliphatic heterocycles. The molecule has 20 heavy (non-hydrogen) atoms. The third kappa shape index (κ3) is 3.02. The van der Waals surface area contributed by atoms with E-state index in [1.807, 2.05) is 0 Å². The van der Waals surface area contributed by atoms with Crippen molar-refractivity contribution < 1.29 is 13.6 Å². The van der Waals surface area contributed by atoms with Gasteiger partial charge in [-0.25, -0.2) is 0 Å². The molecule has 0 radical (unpaired) electrons. The van der Waals surface area contributed by atoms with Crippen molar-refractivity contribution in [2.45, 2.75) is 6.61 Å². The second-order valence-electron chi connectivity index (χ2n) is 3.85. The van der Waals surface area contributed by atoms with Gasteiger partial charge < -0.3 is 13.6 Å². The molecular weight excluding hydrogens is 348 g/mol. The lowest BCUT2D eigenvalue weighted by molar-refractivity contribution is 0.264. The van der Waals surface area contributed by atoms with Crippen LogP contribution in [0, 0.1) is 0 Å². The molecule has 0 aliphatic rings. The average Bonchev–Trinajstić information content (AvgIpc) is 3.07. The summed E-state index contributed by atoms with van der Waals surface area (Å²) in [6.07, 6.45) is 0. The van der Waals surface area contributed by atoms with Crippen molar-refractivity contribution in [3.63, 3.8) is 0 Å². The highest BCUT2D eigenvalue weighted by Crippen LogP contribution is 2.24. The molecule has 0 fully saturated rings. The first-order chi connectivity index (χ1) is 9.70. The molecule has 3 aromatic rings. The van der Waals surface area contributed by atoms with Crippen LogP contribution in [0.4, 0.5) is 0 Å². The maximum absolute atomic E-state index is 5.79. The molecule has 0 spiro atoms. The minimum Gasteiger partial charge on any atom is -0.484 e. The van der Waals surface area contributed by atoms with E-state index in [0.717, 1.165) is 0 Å². The summed E-state index contributed by atoms with van der Waals surface area (Å²) in [6.45, 7) is 0.177. The van der Waals surface area contributed by atoms with Gasteiger partial charge in [-0.1, -0.05) is 11.6 Å². The smallest absolute Gasteiger partial charge is 0.283 e. The van der Waals surface area contributed by atoms with Gasteiger partial charge in [0.25, 0.3) is 11.8 Å². The molecule has 5 nitrogen and oxygen atoms in total. The normalized spacial score (nSPS) is 10.7. The third-order valence-corrected chi connectivity index (χ3v) is 3.10. The minimum absolute atomic E-state index is 0.177. The van der Waals surface area contributed by atoms with E-state index < -0.39 is 0 Å². The van der Waals surface area contributed by atoms with Crippen LogP contribution in [0.2, 0.25) is 5.02 Å². The Morgan fingerprint density at radius 1 is 1.05 bits per heavy atom. The first-order valence-corrected chi connectivity index (χ1v) is 6.84.